The molecule has 1 amide bonds. The second kappa shape index (κ2) is 3.88. The fourth-order valence-electron chi connectivity index (χ4n) is 1.93. The molecule has 2 aliphatic rings. The van der Waals surface area contributed by atoms with Gasteiger partial charge in [0.25, 0.3) is 0 Å². The first-order valence-electron chi connectivity index (χ1n) is 4.82. The molecule has 3 nitrogen and oxygen atoms in total. The molecule has 0 aromatic carbocycles. The van der Waals surface area contributed by atoms with E-state index in [1.807, 2.05) is 16.7 Å². The number of thioether (sulfide) groups is 1. The smallest absolute Gasteiger partial charge is 0.226 e. The van der Waals surface area contributed by atoms with Gasteiger partial charge >= 0.3 is 0 Å². The minimum atomic E-state index is -0.280. The van der Waals surface area contributed by atoms with Crippen LogP contribution in [0.15, 0.2) is 0 Å². The molecule has 0 aliphatic carbocycles. The first-order chi connectivity index (χ1) is 6.27. The van der Waals surface area contributed by atoms with Gasteiger partial charge in [-0.2, -0.15) is 11.8 Å². The summed E-state index contributed by atoms with van der Waals surface area (Å²) in [6.45, 7) is 1.31. The van der Waals surface area contributed by atoms with E-state index in [0.717, 1.165) is 30.9 Å². The summed E-state index contributed by atoms with van der Waals surface area (Å²) >= 11 is 1.86. The molecule has 0 bridgehead atoms. The van der Waals surface area contributed by atoms with Gasteiger partial charge in [0.15, 0.2) is 0 Å². The summed E-state index contributed by atoms with van der Waals surface area (Å²) in [6.07, 6.45) is 1.50. The number of carbonyl (C=O) groups excluding carboxylic acids is 1. The van der Waals surface area contributed by atoms with Crippen LogP contribution in [0.25, 0.3) is 0 Å². The highest BCUT2D eigenvalue weighted by Gasteiger charge is 2.31. The van der Waals surface area contributed by atoms with E-state index < -0.39 is 0 Å². The topological polar surface area (TPSA) is 40.5 Å². The zero-order valence-electron chi connectivity index (χ0n) is 7.61. The summed E-state index contributed by atoms with van der Waals surface area (Å²) in [5.41, 5.74) is 0. The quantitative estimate of drug-likeness (QED) is 0.665. The van der Waals surface area contributed by atoms with Gasteiger partial charge < -0.3 is 10.0 Å². The first kappa shape index (κ1) is 9.34. The first-order valence-corrected chi connectivity index (χ1v) is 5.97. The van der Waals surface area contributed by atoms with Gasteiger partial charge in [0.2, 0.25) is 5.91 Å². The standard InChI is InChI=1S/C9H15NO2S/c11-8-1-3-10(5-8)9(12)7-2-4-13-6-7/h7-8,11H,1-6H2/t7?,8-/m0/s1. The fourth-order valence-corrected chi connectivity index (χ4v) is 3.14. The van der Waals surface area contributed by atoms with Gasteiger partial charge in [0, 0.05) is 24.8 Å². The van der Waals surface area contributed by atoms with E-state index in [0.29, 0.717) is 6.54 Å². The Morgan fingerprint density at radius 3 is 2.85 bits per heavy atom. The van der Waals surface area contributed by atoms with Crippen molar-refractivity contribution in [3.63, 3.8) is 0 Å². The van der Waals surface area contributed by atoms with E-state index in [4.69, 9.17) is 0 Å². The molecular weight excluding hydrogens is 186 g/mol. The van der Waals surface area contributed by atoms with Crippen LogP contribution in [0.1, 0.15) is 12.8 Å². The third-order valence-corrected chi connectivity index (χ3v) is 3.92. The monoisotopic (exact) mass is 201 g/mol. The molecule has 1 N–H and O–H groups in total. The minimum absolute atomic E-state index is 0.232. The largest absolute Gasteiger partial charge is 0.391 e. The Balaban J connectivity index is 1.89. The SMILES string of the molecule is O=C(C1CCSC1)N1CC[C@H](O)C1. The van der Waals surface area contributed by atoms with Crippen LogP contribution in [0.5, 0.6) is 0 Å². The molecule has 74 valence electrons. The number of aliphatic hydroxyl groups excluding tert-OH is 1. The number of likely N-dealkylation sites (tertiary alicyclic amines) is 1. The molecule has 1 unspecified atom stereocenters. The van der Waals surface area contributed by atoms with E-state index in [2.05, 4.69) is 0 Å². The lowest BCUT2D eigenvalue weighted by Crippen LogP contribution is -2.35. The van der Waals surface area contributed by atoms with Crippen LogP contribution in [-0.2, 0) is 4.79 Å². The average Bonchev–Trinajstić information content (AvgIpc) is 2.72. The molecular formula is C9H15NO2S. The van der Waals surface area contributed by atoms with Gasteiger partial charge in [-0.15, -0.1) is 0 Å². The zero-order valence-corrected chi connectivity index (χ0v) is 8.42. The molecule has 2 saturated heterocycles. The lowest BCUT2D eigenvalue weighted by Gasteiger charge is -2.19. The molecule has 2 fully saturated rings. The Hall–Kier alpha value is -0.220. The van der Waals surface area contributed by atoms with Crippen molar-refractivity contribution in [1.82, 2.24) is 4.90 Å². The number of rotatable bonds is 1. The number of aliphatic hydroxyl groups is 1. The van der Waals surface area contributed by atoms with Gasteiger partial charge in [-0.1, -0.05) is 0 Å². The lowest BCUT2D eigenvalue weighted by molar-refractivity contribution is -0.134. The van der Waals surface area contributed by atoms with Crippen LogP contribution in [0, 0.1) is 5.92 Å². The Morgan fingerprint density at radius 1 is 1.46 bits per heavy atom. The van der Waals surface area contributed by atoms with E-state index in [9.17, 15) is 9.90 Å². The molecule has 0 aromatic rings. The van der Waals surface area contributed by atoms with Crippen LogP contribution in [0.3, 0.4) is 0 Å². The summed E-state index contributed by atoms with van der Waals surface area (Å²) in [6, 6.07) is 0. The summed E-state index contributed by atoms with van der Waals surface area (Å²) < 4.78 is 0. The molecule has 0 aromatic heterocycles. The number of nitrogens with zero attached hydrogens (tertiary/aromatic N) is 1. The molecule has 2 heterocycles. The second-order valence-electron chi connectivity index (χ2n) is 3.79. The van der Waals surface area contributed by atoms with Crippen LogP contribution in [-0.4, -0.2) is 46.6 Å². The summed E-state index contributed by atoms with van der Waals surface area (Å²) in [5.74, 6) is 2.59. The predicted molar refractivity (Wildman–Crippen MR) is 52.6 cm³/mol. The van der Waals surface area contributed by atoms with Crippen molar-refractivity contribution in [2.45, 2.75) is 18.9 Å². The Labute approximate surface area is 82.5 Å². The highest BCUT2D eigenvalue weighted by Crippen LogP contribution is 2.26. The third-order valence-electron chi connectivity index (χ3n) is 2.75. The molecule has 13 heavy (non-hydrogen) atoms. The second-order valence-corrected chi connectivity index (χ2v) is 4.94. The molecule has 2 atom stereocenters. The molecule has 0 saturated carbocycles. The van der Waals surface area contributed by atoms with Crippen molar-refractivity contribution in [3.05, 3.63) is 0 Å². The maximum Gasteiger partial charge on any atom is 0.226 e. The van der Waals surface area contributed by atoms with Gasteiger partial charge in [-0.05, 0) is 18.6 Å². The normalized spacial score (nSPS) is 34.1. The van der Waals surface area contributed by atoms with Crippen molar-refractivity contribution in [2.24, 2.45) is 5.92 Å². The molecule has 2 rings (SSSR count). The van der Waals surface area contributed by atoms with Crippen molar-refractivity contribution in [3.8, 4) is 0 Å². The number of amides is 1. The van der Waals surface area contributed by atoms with Gasteiger partial charge in [0.05, 0.1) is 6.10 Å². The predicted octanol–water partition coefficient (Wildman–Crippen LogP) is 0.333. The van der Waals surface area contributed by atoms with Crippen molar-refractivity contribution in [1.29, 1.82) is 0 Å². The molecule has 2 aliphatic heterocycles. The average molecular weight is 201 g/mol. The van der Waals surface area contributed by atoms with Gasteiger partial charge in [0.1, 0.15) is 0 Å². The van der Waals surface area contributed by atoms with Gasteiger partial charge in [-0.25, -0.2) is 0 Å². The van der Waals surface area contributed by atoms with Gasteiger partial charge in [-0.3, -0.25) is 4.79 Å². The molecule has 4 heteroatoms. The highest BCUT2D eigenvalue weighted by atomic mass is 32.2. The van der Waals surface area contributed by atoms with E-state index >= 15 is 0 Å². The van der Waals surface area contributed by atoms with Crippen molar-refractivity contribution >= 4 is 17.7 Å². The van der Waals surface area contributed by atoms with E-state index in [1.165, 1.54) is 0 Å². The van der Waals surface area contributed by atoms with Crippen molar-refractivity contribution < 1.29 is 9.90 Å². The van der Waals surface area contributed by atoms with Crippen LogP contribution >= 0.6 is 11.8 Å². The van der Waals surface area contributed by atoms with Crippen molar-refractivity contribution in [2.75, 3.05) is 24.6 Å². The maximum absolute atomic E-state index is 11.8. The number of carbonyl (C=O) groups is 1. The lowest BCUT2D eigenvalue weighted by atomic mass is 10.1. The Morgan fingerprint density at radius 2 is 2.31 bits per heavy atom. The third kappa shape index (κ3) is 1.99. The number of β-amino-alcohol motifs (C(OH)–C–C–N with tert-alkyl or cyclic N) is 1. The van der Waals surface area contributed by atoms with Crippen LogP contribution in [0.2, 0.25) is 0 Å². The summed E-state index contributed by atoms with van der Waals surface area (Å²) in [4.78, 5) is 13.6. The maximum atomic E-state index is 11.8. The summed E-state index contributed by atoms with van der Waals surface area (Å²) in [7, 11) is 0. The molecule has 0 radical (unpaired) electrons. The highest BCUT2D eigenvalue weighted by molar-refractivity contribution is 7.99. The number of hydrogen-bond acceptors (Lipinski definition) is 3. The zero-order chi connectivity index (χ0) is 9.26. The van der Waals surface area contributed by atoms with E-state index in [-0.39, 0.29) is 17.9 Å². The van der Waals surface area contributed by atoms with Crippen LogP contribution in [0.4, 0.5) is 0 Å². The molecule has 0 spiro atoms. The minimum Gasteiger partial charge on any atom is -0.391 e. The Kier molecular flexibility index (Phi) is 2.79. The summed E-state index contributed by atoms with van der Waals surface area (Å²) in [5, 5.41) is 9.29. The fraction of sp³-hybridized carbons (Fsp3) is 0.889. The number of hydrogen-bond donors (Lipinski definition) is 1. The van der Waals surface area contributed by atoms with Crippen LogP contribution < -0.4 is 0 Å². The Bertz CT molecular complexity index is 204. The van der Waals surface area contributed by atoms with E-state index in [1.54, 1.807) is 0 Å².